The van der Waals surface area contributed by atoms with Crippen molar-refractivity contribution in [3.05, 3.63) is 35.5 Å². The quantitative estimate of drug-likeness (QED) is 0.805. The molecule has 0 aliphatic carbocycles. The Hall–Kier alpha value is -2.76. The number of nitrogens with two attached hydrogens (primary N) is 1. The van der Waals surface area contributed by atoms with Crippen molar-refractivity contribution < 1.29 is 4.74 Å². The van der Waals surface area contributed by atoms with Gasteiger partial charge in [0, 0.05) is 25.9 Å². The molecule has 3 aromatic heterocycles. The molecule has 120 valence electrons. The van der Waals surface area contributed by atoms with Crippen LogP contribution >= 0.6 is 0 Å². The van der Waals surface area contributed by atoms with Crippen LogP contribution in [0.2, 0.25) is 0 Å². The fourth-order valence-electron chi connectivity index (χ4n) is 2.73. The van der Waals surface area contributed by atoms with E-state index in [2.05, 4.69) is 23.1 Å². The van der Waals surface area contributed by atoms with Crippen molar-refractivity contribution in [3.8, 4) is 17.1 Å². The molecule has 0 fully saturated rings. The van der Waals surface area contributed by atoms with Crippen molar-refractivity contribution in [1.82, 2.24) is 14.6 Å². The minimum atomic E-state index is 0.441. The van der Waals surface area contributed by atoms with E-state index in [0.717, 1.165) is 33.7 Å². The van der Waals surface area contributed by atoms with Crippen molar-refractivity contribution >= 4 is 17.0 Å². The molecule has 0 aromatic carbocycles. The number of aromatic nitrogens is 3. The number of ether oxygens (including phenoxy) is 1. The second-order valence-electron chi connectivity index (χ2n) is 5.84. The van der Waals surface area contributed by atoms with Gasteiger partial charge in [-0.1, -0.05) is 6.07 Å². The Morgan fingerprint density at radius 1 is 1.17 bits per heavy atom. The molecule has 0 saturated heterocycles. The molecular weight excluding hydrogens is 290 g/mol. The van der Waals surface area contributed by atoms with Crippen molar-refractivity contribution in [2.24, 2.45) is 0 Å². The number of fused-ring (bicyclic) bond motifs is 1. The first-order valence-corrected chi connectivity index (χ1v) is 7.40. The zero-order chi connectivity index (χ0) is 16.7. The molecule has 0 aliphatic heterocycles. The monoisotopic (exact) mass is 311 g/mol. The normalized spacial score (nSPS) is 11.0. The molecule has 0 radical (unpaired) electrons. The zero-order valence-electron chi connectivity index (χ0n) is 14.1. The van der Waals surface area contributed by atoms with Gasteiger partial charge < -0.3 is 15.4 Å². The topological polar surface area (TPSA) is 68.7 Å². The van der Waals surface area contributed by atoms with E-state index >= 15 is 0 Å². The molecule has 2 N–H and O–H groups in total. The van der Waals surface area contributed by atoms with Crippen LogP contribution in [0.15, 0.2) is 24.4 Å². The average molecular weight is 311 g/mol. The summed E-state index contributed by atoms with van der Waals surface area (Å²) in [6, 6.07) is 6.14. The highest BCUT2D eigenvalue weighted by Gasteiger charge is 2.17. The van der Waals surface area contributed by atoms with E-state index in [0.29, 0.717) is 11.6 Å². The SMILES string of the molecule is COc1nn2c(-c3cnc(N(C)C)cc3C)ccc(C)c2c1N. The van der Waals surface area contributed by atoms with Gasteiger partial charge in [0.1, 0.15) is 11.5 Å². The summed E-state index contributed by atoms with van der Waals surface area (Å²) in [6.45, 7) is 4.08. The predicted molar refractivity (Wildman–Crippen MR) is 93.2 cm³/mol. The molecule has 0 amide bonds. The lowest BCUT2D eigenvalue weighted by molar-refractivity contribution is 0.397. The number of hydrogen-bond acceptors (Lipinski definition) is 5. The van der Waals surface area contributed by atoms with Gasteiger partial charge in [-0.25, -0.2) is 9.50 Å². The molecule has 23 heavy (non-hydrogen) atoms. The molecule has 6 nitrogen and oxygen atoms in total. The fourth-order valence-corrected chi connectivity index (χ4v) is 2.73. The molecule has 3 aromatic rings. The lowest BCUT2D eigenvalue weighted by Crippen LogP contribution is -2.11. The highest BCUT2D eigenvalue weighted by atomic mass is 16.5. The van der Waals surface area contributed by atoms with Gasteiger partial charge in [0.25, 0.3) is 5.88 Å². The van der Waals surface area contributed by atoms with Crippen molar-refractivity contribution in [1.29, 1.82) is 0 Å². The van der Waals surface area contributed by atoms with Gasteiger partial charge in [0.15, 0.2) is 0 Å². The molecule has 0 bridgehead atoms. The summed E-state index contributed by atoms with van der Waals surface area (Å²) in [4.78, 5) is 6.50. The van der Waals surface area contributed by atoms with Crippen LogP contribution in [0.4, 0.5) is 11.5 Å². The number of nitrogens with zero attached hydrogens (tertiary/aromatic N) is 4. The van der Waals surface area contributed by atoms with Crippen molar-refractivity contribution in [2.75, 3.05) is 31.8 Å². The minimum Gasteiger partial charge on any atom is -0.478 e. The Labute approximate surface area is 135 Å². The van der Waals surface area contributed by atoms with Crippen LogP contribution < -0.4 is 15.4 Å². The van der Waals surface area contributed by atoms with Crippen LogP contribution in [-0.4, -0.2) is 35.8 Å². The van der Waals surface area contributed by atoms with E-state index in [1.807, 2.05) is 48.8 Å². The van der Waals surface area contributed by atoms with Crippen LogP contribution in [0.1, 0.15) is 11.1 Å². The number of methoxy groups -OCH3 is 1. The summed E-state index contributed by atoms with van der Waals surface area (Å²) in [7, 11) is 5.53. The fraction of sp³-hybridized carbons (Fsp3) is 0.294. The largest absolute Gasteiger partial charge is 0.478 e. The maximum atomic E-state index is 6.17. The summed E-state index contributed by atoms with van der Waals surface area (Å²) >= 11 is 0. The highest BCUT2D eigenvalue weighted by Crippen LogP contribution is 2.33. The number of hydrogen-bond donors (Lipinski definition) is 1. The average Bonchev–Trinajstić information content (AvgIpc) is 2.86. The highest BCUT2D eigenvalue weighted by molar-refractivity contribution is 5.81. The molecule has 3 heterocycles. The Balaban J connectivity index is 2.27. The Morgan fingerprint density at radius 2 is 1.91 bits per heavy atom. The third-order valence-corrected chi connectivity index (χ3v) is 4.00. The lowest BCUT2D eigenvalue weighted by atomic mass is 10.1. The Kier molecular flexibility index (Phi) is 3.60. The molecule has 6 heteroatoms. The summed E-state index contributed by atoms with van der Waals surface area (Å²) < 4.78 is 7.11. The van der Waals surface area contributed by atoms with Crippen LogP contribution in [0.5, 0.6) is 5.88 Å². The molecule has 3 rings (SSSR count). The van der Waals surface area contributed by atoms with Crippen LogP contribution in [-0.2, 0) is 0 Å². The van der Waals surface area contributed by atoms with Crippen molar-refractivity contribution in [2.45, 2.75) is 13.8 Å². The smallest absolute Gasteiger partial charge is 0.257 e. The van der Waals surface area contributed by atoms with Gasteiger partial charge in [-0.05, 0) is 37.1 Å². The second-order valence-corrected chi connectivity index (χ2v) is 5.84. The number of nitrogen functional groups attached to an aromatic ring is 1. The van der Waals surface area contributed by atoms with E-state index in [9.17, 15) is 0 Å². The van der Waals surface area contributed by atoms with E-state index < -0.39 is 0 Å². The van der Waals surface area contributed by atoms with Gasteiger partial charge in [-0.2, -0.15) is 0 Å². The number of rotatable bonds is 3. The molecular formula is C17H21N5O. The van der Waals surface area contributed by atoms with E-state index in [4.69, 9.17) is 10.5 Å². The standard InChI is InChI=1S/C17H21N5O/c1-10-6-7-13(22-16(10)15(18)17(20-22)23-5)12-9-19-14(21(3)4)8-11(12)2/h6-9H,18H2,1-5H3. The minimum absolute atomic E-state index is 0.441. The second kappa shape index (κ2) is 5.46. The van der Waals surface area contributed by atoms with E-state index in [1.54, 1.807) is 7.11 Å². The predicted octanol–water partition coefficient (Wildman–Crippen LogP) is 2.67. The van der Waals surface area contributed by atoms with Crippen molar-refractivity contribution in [3.63, 3.8) is 0 Å². The summed E-state index contributed by atoms with van der Waals surface area (Å²) in [5, 5.41) is 4.50. The first-order valence-electron chi connectivity index (χ1n) is 7.40. The Morgan fingerprint density at radius 3 is 2.52 bits per heavy atom. The first-order chi connectivity index (χ1) is 10.9. The van der Waals surface area contributed by atoms with Crippen LogP contribution in [0, 0.1) is 13.8 Å². The summed E-state index contributed by atoms with van der Waals surface area (Å²) in [5.41, 5.74) is 11.7. The summed E-state index contributed by atoms with van der Waals surface area (Å²) in [5.74, 6) is 1.36. The van der Waals surface area contributed by atoms with E-state index in [-0.39, 0.29) is 0 Å². The van der Waals surface area contributed by atoms with Gasteiger partial charge in [0.2, 0.25) is 0 Å². The first kappa shape index (κ1) is 15.1. The molecule has 0 atom stereocenters. The third kappa shape index (κ3) is 2.36. The molecule has 0 aliphatic rings. The van der Waals surface area contributed by atoms with Gasteiger partial charge in [0.05, 0.1) is 18.3 Å². The summed E-state index contributed by atoms with van der Waals surface area (Å²) in [6.07, 6.45) is 1.87. The van der Waals surface area contributed by atoms with Gasteiger partial charge in [-0.15, -0.1) is 5.10 Å². The van der Waals surface area contributed by atoms with E-state index in [1.165, 1.54) is 0 Å². The number of pyridine rings is 2. The van der Waals surface area contributed by atoms with Crippen LogP contribution in [0.25, 0.3) is 16.8 Å². The third-order valence-electron chi connectivity index (χ3n) is 4.00. The maximum Gasteiger partial charge on any atom is 0.257 e. The lowest BCUT2D eigenvalue weighted by Gasteiger charge is -2.14. The Bertz CT molecular complexity index is 882. The maximum absolute atomic E-state index is 6.17. The van der Waals surface area contributed by atoms with Gasteiger partial charge >= 0.3 is 0 Å². The molecule has 0 unspecified atom stereocenters. The van der Waals surface area contributed by atoms with Gasteiger partial charge in [-0.3, -0.25) is 0 Å². The molecule has 0 spiro atoms. The number of anilines is 2. The zero-order valence-corrected chi connectivity index (χ0v) is 14.1. The molecule has 0 saturated carbocycles. The van der Waals surface area contributed by atoms with Crippen LogP contribution in [0.3, 0.4) is 0 Å². The number of aryl methyl sites for hydroxylation is 2.